The van der Waals surface area contributed by atoms with E-state index in [0.29, 0.717) is 10.6 Å². The van der Waals surface area contributed by atoms with E-state index in [1.54, 1.807) is 4.57 Å². The van der Waals surface area contributed by atoms with Gasteiger partial charge in [-0.2, -0.15) is 0 Å². The molecule has 0 bridgehead atoms. The molecule has 0 amide bonds. The van der Waals surface area contributed by atoms with E-state index in [9.17, 15) is 4.79 Å². The number of carbonyl (C=O) groups is 1. The number of likely N-dealkylation sites (N-methyl/N-ethyl adjacent to an activating group) is 1. The molecule has 0 saturated heterocycles. The molecule has 124 valence electrons. The van der Waals surface area contributed by atoms with Crippen LogP contribution in [-0.4, -0.2) is 36.0 Å². The number of carbonyl (C=O) groups excluding carboxylic acids is 1. The molecule has 0 unspecified atom stereocenters. The number of halogens is 2. The molecular weight excluding hydrogens is 388 g/mol. The number of para-hydroxylation sites is 1. The average molecular weight is 406 g/mol. The van der Waals surface area contributed by atoms with Crippen LogP contribution < -0.4 is 0 Å². The third kappa shape index (κ3) is 3.27. The summed E-state index contributed by atoms with van der Waals surface area (Å²) in [6, 6.07) is 13.2. The molecule has 0 aliphatic heterocycles. The van der Waals surface area contributed by atoms with E-state index in [1.165, 1.54) is 0 Å². The monoisotopic (exact) mass is 404 g/mol. The second kappa shape index (κ2) is 7.09. The Morgan fingerprint density at radius 1 is 1.17 bits per heavy atom. The molecule has 0 fully saturated rings. The first-order valence-electron chi connectivity index (χ1n) is 7.71. The Morgan fingerprint density at radius 3 is 2.62 bits per heavy atom. The van der Waals surface area contributed by atoms with Crippen molar-refractivity contribution in [2.24, 2.45) is 0 Å². The first kappa shape index (κ1) is 17.2. The molecular formula is C19H18BrClN2O. The molecule has 3 nitrogen and oxygen atoms in total. The van der Waals surface area contributed by atoms with Crippen molar-refractivity contribution in [3.05, 3.63) is 69.3 Å². The minimum Gasteiger partial charge on any atom is -0.309 e. The highest BCUT2D eigenvalue weighted by Crippen LogP contribution is 2.30. The van der Waals surface area contributed by atoms with E-state index in [2.05, 4.69) is 20.8 Å². The van der Waals surface area contributed by atoms with Gasteiger partial charge in [-0.05, 0) is 60.2 Å². The summed E-state index contributed by atoms with van der Waals surface area (Å²) in [6.45, 7) is 0.912. The third-order valence-corrected chi connectivity index (χ3v) is 5.01. The summed E-state index contributed by atoms with van der Waals surface area (Å²) in [5.41, 5.74) is 2.52. The van der Waals surface area contributed by atoms with Crippen molar-refractivity contribution in [1.29, 1.82) is 0 Å². The van der Waals surface area contributed by atoms with E-state index in [0.717, 1.165) is 33.9 Å². The first-order valence-corrected chi connectivity index (χ1v) is 8.88. The average Bonchev–Trinajstić information content (AvgIpc) is 2.93. The van der Waals surface area contributed by atoms with Crippen LogP contribution in [0, 0.1) is 0 Å². The largest absolute Gasteiger partial charge is 0.309 e. The van der Waals surface area contributed by atoms with E-state index >= 15 is 0 Å². The highest BCUT2D eigenvalue weighted by atomic mass is 79.9. The van der Waals surface area contributed by atoms with Crippen LogP contribution in [0.15, 0.2) is 53.1 Å². The third-order valence-electron chi connectivity index (χ3n) is 4.01. The molecule has 1 aromatic heterocycles. The van der Waals surface area contributed by atoms with Crippen molar-refractivity contribution >= 4 is 44.3 Å². The van der Waals surface area contributed by atoms with Gasteiger partial charge >= 0.3 is 0 Å². The molecule has 0 atom stereocenters. The predicted molar refractivity (Wildman–Crippen MR) is 103 cm³/mol. The van der Waals surface area contributed by atoms with Crippen LogP contribution in [0.4, 0.5) is 0 Å². The summed E-state index contributed by atoms with van der Waals surface area (Å²) in [7, 11) is 4.08. The lowest BCUT2D eigenvalue weighted by atomic mass is 10.1. The van der Waals surface area contributed by atoms with Gasteiger partial charge in [-0.1, -0.05) is 35.9 Å². The molecule has 0 aliphatic rings. The number of rotatable bonds is 4. The molecule has 3 aromatic rings. The lowest BCUT2D eigenvalue weighted by molar-refractivity contribution is 0.0964. The van der Waals surface area contributed by atoms with Gasteiger partial charge in [0.15, 0.2) is 0 Å². The molecule has 0 aliphatic carbocycles. The van der Waals surface area contributed by atoms with Gasteiger partial charge in [0, 0.05) is 22.6 Å². The van der Waals surface area contributed by atoms with Crippen LogP contribution in [0.5, 0.6) is 0 Å². The Labute approximate surface area is 155 Å². The number of fused-ring (bicyclic) bond motifs is 1. The fourth-order valence-corrected chi connectivity index (χ4v) is 3.50. The molecule has 0 radical (unpaired) electrons. The second-order valence-electron chi connectivity index (χ2n) is 6.00. The van der Waals surface area contributed by atoms with Crippen molar-refractivity contribution in [1.82, 2.24) is 9.47 Å². The quantitative estimate of drug-likeness (QED) is 0.620. The molecule has 0 N–H and O–H groups in total. The van der Waals surface area contributed by atoms with Gasteiger partial charge in [0.05, 0.1) is 16.1 Å². The molecule has 2 aromatic carbocycles. The number of benzene rings is 2. The van der Waals surface area contributed by atoms with Gasteiger partial charge in [-0.15, -0.1) is 0 Å². The molecule has 0 saturated carbocycles. The lowest BCUT2D eigenvalue weighted by Crippen LogP contribution is -2.15. The van der Waals surface area contributed by atoms with Crippen LogP contribution in [0.25, 0.3) is 10.9 Å². The SMILES string of the molecule is CN(C)CCc1cn(C(=O)c2ccccc2Br)c2c(Cl)cccc12. The van der Waals surface area contributed by atoms with Gasteiger partial charge in [0.1, 0.15) is 0 Å². The summed E-state index contributed by atoms with van der Waals surface area (Å²) in [4.78, 5) is 15.2. The fourth-order valence-electron chi connectivity index (χ4n) is 2.78. The number of hydrogen-bond donors (Lipinski definition) is 0. The zero-order valence-corrected chi connectivity index (χ0v) is 15.9. The van der Waals surface area contributed by atoms with Crippen LogP contribution in [0.3, 0.4) is 0 Å². The summed E-state index contributed by atoms with van der Waals surface area (Å²) in [6.07, 6.45) is 2.78. The number of hydrogen-bond acceptors (Lipinski definition) is 2. The normalized spacial score (nSPS) is 11.4. The van der Waals surface area contributed by atoms with Gasteiger partial charge in [-0.25, -0.2) is 0 Å². The van der Waals surface area contributed by atoms with E-state index in [-0.39, 0.29) is 5.91 Å². The highest BCUT2D eigenvalue weighted by molar-refractivity contribution is 9.10. The minimum absolute atomic E-state index is 0.0864. The molecule has 5 heteroatoms. The van der Waals surface area contributed by atoms with Crippen molar-refractivity contribution < 1.29 is 4.79 Å². The number of nitrogens with zero attached hydrogens (tertiary/aromatic N) is 2. The smallest absolute Gasteiger partial charge is 0.263 e. The van der Waals surface area contributed by atoms with Crippen molar-refractivity contribution in [3.63, 3.8) is 0 Å². The van der Waals surface area contributed by atoms with Crippen LogP contribution in [-0.2, 0) is 6.42 Å². The Morgan fingerprint density at radius 2 is 1.92 bits per heavy atom. The first-order chi connectivity index (χ1) is 11.5. The summed E-state index contributed by atoms with van der Waals surface area (Å²) in [5, 5.41) is 1.62. The van der Waals surface area contributed by atoms with E-state index in [1.807, 2.05) is 62.8 Å². The van der Waals surface area contributed by atoms with Crippen LogP contribution in [0.2, 0.25) is 5.02 Å². The van der Waals surface area contributed by atoms with Gasteiger partial charge in [0.25, 0.3) is 5.91 Å². The molecule has 1 heterocycles. The number of aromatic nitrogens is 1. The van der Waals surface area contributed by atoms with Crippen LogP contribution >= 0.6 is 27.5 Å². The van der Waals surface area contributed by atoms with E-state index in [4.69, 9.17) is 11.6 Å². The Balaban J connectivity index is 2.14. The zero-order chi connectivity index (χ0) is 17.3. The van der Waals surface area contributed by atoms with Gasteiger partial charge in [0.2, 0.25) is 0 Å². The van der Waals surface area contributed by atoms with E-state index < -0.39 is 0 Å². The van der Waals surface area contributed by atoms with Crippen LogP contribution in [0.1, 0.15) is 15.9 Å². The Hall–Kier alpha value is -1.62. The van der Waals surface area contributed by atoms with Gasteiger partial charge in [-0.3, -0.25) is 9.36 Å². The summed E-state index contributed by atoms with van der Waals surface area (Å²) >= 11 is 9.87. The zero-order valence-electron chi connectivity index (χ0n) is 13.6. The Bertz CT molecular complexity index is 902. The molecule has 24 heavy (non-hydrogen) atoms. The maximum atomic E-state index is 13.0. The molecule has 0 spiro atoms. The predicted octanol–water partition coefficient (Wildman–Crippen LogP) is 4.85. The van der Waals surface area contributed by atoms with Crippen molar-refractivity contribution in [2.75, 3.05) is 20.6 Å². The Kier molecular flexibility index (Phi) is 5.09. The maximum absolute atomic E-state index is 13.0. The second-order valence-corrected chi connectivity index (χ2v) is 7.26. The lowest BCUT2D eigenvalue weighted by Gasteiger charge is -2.08. The van der Waals surface area contributed by atoms with Crippen molar-refractivity contribution in [2.45, 2.75) is 6.42 Å². The summed E-state index contributed by atoms with van der Waals surface area (Å²) < 4.78 is 2.45. The molecule has 3 rings (SSSR count). The fraction of sp³-hybridized carbons (Fsp3) is 0.211. The highest BCUT2D eigenvalue weighted by Gasteiger charge is 2.18. The maximum Gasteiger partial charge on any atom is 0.263 e. The minimum atomic E-state index is -0.0864. The standard InChI is InChI=1S/C19H18BrClN2O/c1-22(2)11-10-13-12-23(18-14(13)7-5-9-17(18)21)19(24)15-6-3-4-8-16(15)20/h3-9,12H,10-11H2,1-2H3. The van der Waals surface area contributed by atoms with Gasteiger partial charge < -0.3 is 4.90 Å². The summed E-state index contributed by atoms with van der Waals surface area (Å²) in [5.74, 6) is -0.0864. The van der Waals surface area contributed by atoms with Crippen molar-refractivity contribution in [3.8, 4) is 0 Å². The topological polar surface area (TPSA) is 25.2 Å².